The summed E-state index contributed by atoms with van der Waals surface area (Å²) in [4.78, 5) is 24.7. The minimum absolute atomic E-state index is 0.117. The standard InChI is InChI=1S/C13H17NO5/c1-4-14(8-12(16)19-3)13(17)10-6-5-9(18-2)7-11(10)15/h5-7,15H,4,8H2,1-3H3. The summed E-state index contributed by atoms with van der Waals surface area (Å²) in [5.41, 5.74) is 0.117. The molecule has 0 unspecified atom stereocenters. The van der Waals surface area contributed by atoms with Gasteiger partial charge >= 0.3 is 5.97 Å². The van der Waals surface area contributed by atoms with Gasteiger partial charge in [-0.2, -0.15) is 0 Å². The molecular weight excluding hydrogens is 250 g/mol. The Labute approximate surface area is 111 Å². The second-order valence-corrected chi connectivity index (χ2v) is 3.78. The maximum Gasteiger partial charge on any atom is 0.325 e. The molecule has 0 atom stereocenters. The van der Waals surface area contributed by atoms with Gasteiger partial charge in [0.2, 0.25) is 0 Å². The van der Waals surface area contributed by atoms with Crippen LogP contribution in [0.15, 0.2) is 18.2 Å². The quantitative estimate of drug-likeness (QED) is 0.806. The number of rotatable bonds is 5. The molecule has 0 heterocycles. The summed E-state index contributed by atoms with van der Waals surface area (Å²) in [6, 6.07) is 4.37. The third-order valence-electron chi connectivity index (χ3n) is 2.65. The fraction of sp³-hybridized carbons (Fsp3) is 0.385. The van der Waals surface area contributed by atoms with Crippen LogP contribution in [0.4, 0.5) is 0 Å². The third kappa shape index (κ3) is 3.61. The lowest BCUT2D eigenvalue weighted by Gasteiger charge is -2.20. The molecule has 1 aromatic carbocycles. The number of amides is 1. The second-order valence-electron chi connectivity index (χ2n) is 3.78. The summed E-state index contributed by atoms with van der Waals surface area (Å²) in [6.45, 7) is 1.91. The molecule has 1 N–H and O–H groups in total. The Bertz CT molecular complexity index is 472. The van der Waals surface area contributed by atoms with Crippen molar-refractivity contribution in [3.63, 3.8) is 0 Å². The minimum Gasteiger partial charge on any atom is -0.507 e. The van der Waals surface area contributed by atoms with Gasteiger partial charge in [0.15, 0.2) is 0 Å². The first-order chi connectivity index (χ1) is 9.03. The summed E-state index contributed by atoms with van der Waals surface area (Å²) in [5.74, 6) is -0.686. The van der Waals surface area contributed by atoms with Gasteiger partial charge in [0.25, 0.3) is 5.91 Å². The monoisotopic (exact) mass is 267 g/mol. The predicted molar refractivity (Wildman–Crippen MR) is 68.3 cm³/mol. The van der Waals surface area contributed by atoms with E-state index in [9.17, 15) is 14.7 Å². The summed E-state index contributed by atoms with van der Waals surface area (Å²) < 4.78 is 9.46. The summed E-state index contributed by atoms with van der Waals surface area (Å²) in [5, 5.41) is 9.78. The van der Waals surface area contributed by atoms with Gasteiger partial charge in [-0.05, 0) is 19.1 Å². The number of hydrogen-bond donors (Lipinski definition) is 1. The van der Waals surface area contributed by atoms with Crippen molar-refractivity contribution >= 4 is 11.9 Å². The van der Waals surface area contributed by atoms with Crippen LogP contribution in [-0.4, -0.2) is 49.2 Å². The van der Waals surface area contributed by atoms with E-state index >= 15 is 0 Å². The molecule has 0 saturated carbocycles. The molecule has 6 nitrogen and oxygen atoms in total. The molecule has 0 fully saturated rings. The molecule has 0 spiro atoms. The molecule has 6 heteroatoms. The number of aromatic hydroxyl groups is 1. The highest BCUT2D eigenvalue weighted by Gasteiger charge is 2.20. The Hall–Kier alpha value is -2.24. The van der Waals surface area contributed by atoms with Gasteiger partial charge in [-0.1, -0.05) is 0 Å². The molecule has 0 aromatic heterocycles. The summed E-state index contributed by atoms with van der Waals surface area (Å²) >= 11 is 0. The Morgan fingerprint density at radius 3 is 2.47 bits per heavy atom. The van der Waals surface area contributed by atoms with Gasteiger partial charge in [0.1, 0.15) is 18.0 Å². The smallest absolute Gasteiger partial charge is 0.325 e. The highest BCUT2D eigenvalue weighted by Crippen LogP contribution is 2.24. The molecule has 0 aliphatic rings. The van der Waals surface area contributed by atoms with E-state index < -0.39 is 11.9 Å². The van der Waals surface area contributed by atoms with Gasteiger partial charge < -0.3 is 19.5 Å². The second kappa shape index (κ2) is 6.63. The maximum absolute atomic E-state index is 12.2. The van der Waals surface area contributed by atoms with Gasteiger partial charge in [-0.25, -0.2) is 0 Å². The molecule has 0 aliphatic heterocycles. The first kappa shape index (κ1) is 14.8. The fourth-order valence-corrected chi connectivity index (χ4v) is 1.54. The molecule has 0 aliphatic carbocycles. The molecule has 0 bridgehead atoms. The van der Waals surface area contributed by atoms with Gasteiger partial charge in [-0.15, -0.1) is 0 Å². The number of nitrogens with zero attached hydrogens (tertiary/aromatic N) is 1. The number of likely N-dealkylation sites (N-methyl/N-ethyl adjacent to an activating group) is 1. The Balaban J connectivity index is 2.94. The molecule has 1 amide bonds. The van der Waals surface area contributed by atoms with Gasteiger partial charge in [-0.3, -0.25) is 9.59 Å². The maximum atomic E-state index is 12.2. The number of carbonyl (C=O) groups is 2. The SMILES string of the molecule is CCN(CC(=O)OC)C(=O)c1ccc(OC)cc1O. The predicted octanol–water partition coefficient (Wildman–Crippen LogP) is 1.04. The molecule has 0 saturated heterocycles. The van der Waals surface area contributed by atoms with Crippen LogP contribution < -0.4 is 4.74 Å². The average Bonchev–Trinajstić information content (AvgIpc) is 2.43. The van der Waals surface area contributed by atoms with Crippen molar-refractivity contribution in [3.8, 4) is 11.5 Å². The lowest BCUT2D eigenvalue weighted by atomic mass is 10.1. The number of phenolic OH excluding ortho intramolecular Hbond substituents is 1. The van der Waals surface area contributed by atoms with Crippen molar-refractivity contribution in [1.82, 2.24) is 4.90 Å². The zero-order valence-electron chi connectivity index (χ0n) is 11.2. The number of methoxy groups -OCH3 is 2. The Morgan fingerprint density at radius 1 is 1.32 bits per heavy atom. The number of hydrogen-bond acceptors (Lipinski definition) is 5. The topological polar surface area (TPSA) is 76.1 Å². The zero-order chi connectivity index (χ0) is 14.4. The first-order valence-corrected chi connectivity index (χ1v) is 5.76. The fourth-order valence-electron chi connectivity index (χ4n) is 1.54. The van der Waals surface area contributed by atoms with Crippen molar-refractivity contribution in [2.24, 2.45) is 0 Å². The van der Waals surface area contributed by atoms with Crippen LogP contribution >= 0.6 is 0 Å². The van der Waals surface area contributed by atoms with Crippen molar-refractivity contribution in [3.05, 3.63) is 23.8 Å². The van der Waals surface area contributed by atoms with Crippen molar-refractivity contribution < 1.29 is 24.2 Å². The Morgan fingerprint density at radius 2 is 2.00 bits per heavy atom. The van der Waals surface area contributed by atoms with E-state index in [1.807, 2.05) is 0 Å². The van der Waals surface area contributed by atoms with Gasteiger partial charge in [0, 0.05) is 12.6 Å². The van der Waals surface area contributed by atoms with E-state index in [1.165, 1.54) is 31.3 Å². The lowest BCUT2D eigenvalue weighted by molar-refractivity contribution is -0.141. The normalized spacial score (nSPS) is 9.84. The van der Waals surface area contributed by atoms with E-state index in [4.69, 9.17) is 4.74 Å². The van der Waals surface area contributed by atoms with Crippen LogP contribution in [0, 0.1) is 0 Å². The minimum atomic E-state index is -0.511. The number of phenols is 1. The van der Waals surface area contributed by atoms with Crippen LogP contribution in [0.3, 0.4) is 0 Å². The molecule has 0 radical (unpaired) electrons. The summed E-state index contributed by atoms with van der Waals surface area (Å²) in [6.07, 6.45) is 0. The lowest BCUT2D eigenvalue weighted by Crippen LogP contribution is -2.36. The van der Waals surface area contributed by atoms with E-state index in [0.717, 1.165) is 0 Å². The third-order valence-corrected chi connectivity index (χ3v) is 2.65. The van der Waals surface area contributed by atoms with E-state index in [0.29, 0.717) is 12.3 Å². The average molecular weight is 267 g/mol. The summed E-state index contributed by atoms with van der Waals surface area (Å²) in [7, 11) is 2.72. The van der Waals surface area contributed by atoms with E-state index in [2.05, 4.69) is 4.74 Å². The van der Waals surface area contributed by atoms with Crippen LogP contribution in [-0.2, 0) is 9.53 Å². The number of ether oxygens (including phenoxy) is 2. The number of esters is 1. The van der Waals surface area contributed by atoms with Crippen LogP contribution in [0.5, 0.6) is 11.5 Å². The van der Waals surface area contributed by atoms with Crippen molar-refractivity contribution in [1.29, 1.82) is 0 Å². The highest BCUT2D eigenvalue weighted by atomic mass is 16.5. The molecule has 19 heavy (non-hydrogen) atoms. The van der Waals surface area contributed by atoms with Crippen LogP contribution in [0.2, 0.25) is 0 Å². The molecule has 104 valence electrons. The molecular formula is C13H17NO5. The van der Waals surface area contributed by atoms with Crippen molar-refractivity contribution in [2.75, 3.05) is 27.3 Å². The van der Waals surface area contributed by atoms with E-state index in [1.54, 1.807) is 13.0 Å². The van der Waals surface area contributed by atoms with Crippen LogP contribution in [0.1, 0.15) is 17.3 Å². The molecule has 1 aromatic rings. The largest absolute Gasteiger partial charge is 0.507 e. The Kier molecular flexibility index (Phi) is 5.17. The van der Waals surface area contributed by atoms with Crippen LogP contribution in [0.25, 0.3) is 0 Å². The highest BCUT2D eigenvalue weighted by molar-refractivity contribution is 5.98. The first-order valence-electron chi connectivity index (χ1n) is 5.76. The zero-order valence-corrected chi connectivity index (χ0v) is 11.2. The molecule has 1 rings (SSSR count). The van der Waals surface area contributed by atoms with E-state index in [-0.39, 0.29) is 17.9 Å². The van der Waals surface area contributed by atoms with Gasteiger partial charge in [0.05, 0.1) is 19.8 Å². The van der Waals surface area contributed by atoms with Crippen molar-refractivity contribution in [2.45, 2.75) is 6.92 Å². The number of carbonyl (C=O) groups excluding carboxylic acids is 2. The number of benzene rings is 1.